The average molecular weight is 402 g/mol. The number of aromatic hydroxyl groups is 1. The smallest absolute Gasteiger partial charge is 0.272 e. The Morgan fingerprint density at radius 2 is 1.77 bits per heavy atom. The van der Waals surface area contributed by atoms with Crippen LogP contribution in [0.15, 0.2) is 66.9 Å². The molecule has 2 aromatic heterocycles. The first-order valence-electron chi connectivity index (χ1n) is 9.65. The summed E-state index contributed by atoms with van der Waals surface area (Å²) < 4.78 is 11.2. The van der Waals surface area contributed by atoms with E-state index in [0.717, 1.165) is 22.5 Å². The fraction of sp³-hybridized carbons (Fsp3) is 0.167. The molecular formula is C24H24N3O3+. The molecule has 0 radical (unpaired) electrons. The number of nitrogens with one attached hydrogen (secondary N) is 2. The van der Waals surface area contributed by atoms with Crippen molar-refractivity contribution in [3.05, 3.63) is 83.7 Å². The van der Waals surface area contributed by atoms with E-state index in [1.54, 1.807) is 14.2 Å². The molecule has 0 bridgehead atoms. The molecule has 152 valence electrons. The summed E-state index contributed by atoms with van der Waals surface area (Å²) in [5.41, 5.74) is 2.92. The van der Waals surface area contributed by atoms with Crippen molar-refractivity contribution >= 4 is 16.7 Å². The number of rotatable bonds is 6. The van der Waals surface area contributed by atoms with Gasteiger partial charge in [0.15, 0.2) is 17.5 Å². The van der Waals surface area contributed by atoms with E-state index < -0.39 is 6.04 Å². The van der Waals surface area contributed by atoms with Crippen LogP contribution in [0.3, 0.4) is 0 Å². The Hall–Kier alpha value is -3.80. The molecule has 4 rings (SSSR count). The first-order valence-corrected chi connectivity index (χ1v) is 9.65. The summed E-state index contributed by atoms with van der Waals surface area (Å²) in [6, 6.07) is 18.8. The van der Waals surface area contributed by atoms with E-state index in [-0.39, 0.29) is 5.75 Å². The highest BCUT2D eigenvalue weighted by Crippen LogP contribution is 2.42. The number of phenolic OH excluding ortho intramolecular Hbond substituents is 1. The van der Waals surface area contributed by atoms with Gasteiger partial charge in [0.05, 0.1) is 20.4 Å². The Morgan fingerprint density at radius 3 is 2.50 bits per heavy atom. The van der Waals surface area contributed by atoms with E-state index in [9.17, 15) is 5.11 Å². The van der Waals surface area contributed by atoms with Crippen molar-refractivity contribution in [3.63, 3.8) is 0 Å². The number of aromatic nitrogens is 2. The molecule has 0 aliphatic rings. The van der Waals surface area contributed by atoms with Crippen LogP contribution < -0.4 is 19.8 Å². The number of hydrogen-bond donors (Lipinski definition) is 2. The van der Waals surface area contributed by atoms with Crippen LogP contribution in [0, 0.1) is 6.92 Å². The lowest BCUT2D eigenvalue weighted by molar-refractivity contribution is -0.361. The molecule has 0 aliphatic heterocycles. The van der Waals surface area contributed by atoms with Gasteiger partial charge in [0.2, 0.25) is 0 Å². The second kappa shape index (κ2) is 8.29. The van der Waals surface area contributed by atoms with Gasteiger partial charge in [-0.1, -0.05) is 30.3 Å². The van der Waals surface area contributed by atoms with Gasteiger partial charge in [-0.3, -0.25) is 5.32 Å². The number of aryl methyl sites for hydroxylation is 1. The number of nitrogens with zero attached hydrogens (tertiary/aromatic N) is 1. The standard InChI is InChI=1S/C24H23N3O3/c1-15-10-11-16-12-13-17(23(28)21(16)26-15)22(27-20-9-4-5-14-25-20)18-7-6-8-19(29-2)24(18)30-3/h4-14,22,28H,1-3H3,(H,25,27)/p+1/t22-/m0/s1. The average Bonchev–Trinajstić information content (AvgIpc) is 2.78. The molecule has 3 N–H and O–H groups in total. The largest absolute Gasteiger partial charge is 0.505 e. The molecule has 2 heterocycles. The zero-order valence-corrected chi connectivity index (χ0v) is 17.1. The van der Waals surface area contributed by atoms with Crippen LogP contribution in [-0.4, -0.2) is 24.3 Å². The summed E-state index contributed by atoms with van der Waals surface area (Å²) >= 11 is 0. The van der Waals surface area contributed by atoms with Crippen molar-refractivity contribution < 1.29 is 19.6 Å². The minimum atomic E-state index is -0.416. The molecule has 0 amide bonds. The van der Waals surface area contributed by atoms with E-state index >= 15 is 0 Å². The number of phenols is 1. The Kier molecular flexibility index (Phi) is 5.39. The lowest BCUT2D eigenvalue weighted by Crippen LogP contribution is -2.19. The van der Waals surface area contributed by atoms with Gasteiger partial charge in [0, 0.05) is 28.3 Å². The van der Waals surface area contributed by atoms with Crippen molar-refractivity contribution in [2.24, 2.45) is 0 Å². The maximum absolute atomic E-state index is 11.2. The minimum Gasteiger partial charge on any atom is -0.505 e. The fourth-order valence-electron chi connectivity index (χ4n) is 3.62. The van der Waals surface area contributed by atoms with Crippen molar-refractivity contribution in [2.75, 3.05) is 19.5 Å². The first kappa shape index (κ1) is 19.5. The van der Waals surface area contributed by atoms with Crippen LogP contribution >= 0.6 is 0 Å². The van der Waals surface area contributed by atoms with Crippen LogP contribution in [0.5, 0.6) is 17.2 Å². The van der Waals surface area contributed by atoms with E-state index in [4.69, 9.17) is 9.47 Å². The number of ether oxygens (including phenoxy) is 2. The molecule has 0 aliphatic carbocycles. The van der Waals surface area contributed by atoms with Gasteiger partial charge in [-0.05, 0) is 31.2 Å². The SMILES string of the molecule is COc1cccc([C@@H](Nc2cccc[nH+]2)c2ccc3ccc(C)nc3c2O)c1OC. The second-order valence-corrected chi connectivity index (χ2v) is 6.96. The van der Waals surface area contributed by atoms with E-state index in [0.29, 0.717) is 22.6 Å². The lowest BCUT2D eigenvalue weighted by Gasteiger charge is -2.21. The van der Waals surface area contributed by atoms with Crippen molar-refractivity contribution in [1.82, 2.24) is 4.98 Å². The maximum atomic E-state index is 11.2. The number of aromatic amines is 1. The lowest BCUT2D eigenvalue weighted by atomic mass is 9.95. The van der Waals surface area contributed by atoms with E-state index in [1.807, 2.05) is 73.8 Å². The Labute approximate surface area is 175 Å². The third kappa shape index (κ3) is 3.59. The van der Waals surface area contributed by atoms with Gasteiger partial charge >= 0.3 is 0 Å². The molecule has 30 heavy (non-hydrogen) atoms. The van der Waals surface area contributed by atoms with E-state index in [1.165, 1.54) is 0 Å². The third-order valence-electron chi connectivity index (χ3n) is 5.07. The summed E-state index contributed by atoms with van der Waals surface area (Å²) in [7, 11) is 3.22. The highest BCUT2D eigenvalue weighted by Gasteiger charge is 2.28. The second-order valence-electron chi connectivity index (χ2n) is 6.96. The zero-order valence-electron chi connectivity index (χ0n) is 17.1. The first-order chi connectivity index (χ1) is 14.6. The Morgan fingerprint density at radius 1 is 0.933 bits per heavy atom. The van der Waals surface area contributed by atoms with Crippen LogP contribution in [0.4, 0.5) is 5.82 Å². The summed E-state index contributed by atoms with van der Waals surface area (Å²) in [4.78, 5) is 7.74. The Bertz CT molecular complexity index is 1180. The molecule has 6 heteroatoms. The minimum absolute atomic E-state index is 0.134. The predicted octanol–water partition coefficient (Wildman–Crippen LogP) is 4.28. The number of methoxy groups -OCH3 is 2. The van der Waals surface area contributed by atoms with Gasteiger partial charge in [-0.25, -0.2) is 9.97 Å². The monoisotopic (exact) mass is 402 g/mol. The molecule has 0 saturated carbocycles. The quantitative estimate of drug-likeness (QED) is 0.503. The van der Waals surface area contributed by atoms with Crippen LogP contribution in [0.2, 0.25) is 0 Å². The Balaban J connectivity index is 1.93. The van der Waals surface area contributed by atoms with Crippen molar-refractivity contribution in [1.29, 1.82) is 0 Å². The highest BCUT2D eigenvalue weighted by molar-refractivity contribution is 5.86. The van der Waals surface area contributed by atoms with Crippen LogP contribution in [0.25, 0.3) is 10.9 Å². The summed E-state index contributed by atoms with van der Waals surface area (Å²) in [5.74, 6) is 2.15. The molecule has 0 saturated heterocycles. The van der Waals surface area contributed by atoms with Crippen molar-refractivity contribution in [2.45, 2.75) is 13.0 Å². The normalized spacial score (nSPS) is 11.8. The van der Waals surface area contributed by atoms with Gasteiger partial charge in [0.25, 0.3) is 5.82 Å². The number of hydrogen-bond acceptors (Lipinski definition) is 5. The van der Waals surface area contributed by atoms with E-state index in [2.05, 4.69) is 15.3 Å². The predicted molar refractivity (Wildman–Crippen MR) is 116 cm³/mol. The van der Waals surface area contributed by atoms with Crippen molar-refractivity contribution in [3.8, 4) is 17.2 Å². The summed E-state index contributed by atoms with van der Waals surface area (Å²) in [6.45, 7) is 1.91. The number of para-hydroxylation sites is 1. The zero-order chi connectivity index (χ0) is 21.1. The van der Waals surface area contributed by atoms with Crippen LogP contribution in [-0.2, 0) is 0 Å². The molecular weight excluding hydrogens is 378 g/mol. The molecule has 1 atom stereocenters. The number of H-pyrrole nitrogens is 1. The number of anilines is 1. The molecule has 2 aromatic carbocycles. The van der Waals surface area contributed by atoms with Gasteiger partial charge in [-0.15, -0.1) is 0 Å². The van der Waals surface area contributed by atoms with Gasteiger partial charge in [0.1, 0.15) is 11.3 Å². The topological polar surface area (TPSA) is 77.8 Å². The molecule has 6 nitrogen and oxygen atoms in total. The molecule has 0 fully saturated rings. The molecule has 0 unspecified atom stereocenters. The summed E-state index contributed by atoms with van der Waals surface area (Å²) in [5, 5.41) is 15.5. The third-order valence-corrected chi connectivity index (χ3v) is 5.07. The number of pyridine rings is 2. The highest BCUT2D eigenvalue weighted by atomic mass is 16.5. The van der Waals surface area contributed by atoms with Crippen LogP contribution in [0.1, 0.15) is 22.9 Å². The molecule has 4 aromatic rings. The summed E-state index contributed by atoms with van der Waals surface area (Å²) in [6.07, 6.45) is 1.84. The molecule has 0 spiro atoms. The van der Waals surface area contributed by atoms with Gasteiger partial charge < -0.3 is 14.6 Å². The number of fused-ring (bicyclic) bond motifs is 1. The maximum Gasteiger partial charge on any atom is 0.272 e. The van der Waals surface area contributed by atoms with Gasteiger partial charge in [-0.2, -0.15) is 0 Å². The number of benzene rings is 2. The fourth-order valence-corrected chi connectivity index (χ4v) is 3.62.